The van der Waals surface area contributed by atoms with Gasteiger partial charge in [-0.05, 0) is 114 Å². The number of benzene rings is 7. The molecule has 0 atom stereocenters. The first-order valence-corrected chi connectivity index (χ1v) is 20.7. The molecule has 4 nitrogen and oxygen atoms in total. The summed E-state index contributed by atoms with van der Waals surface area (Å²) in [6.45, 7) is 0. The summed E-state index contributed by atoms with van der Waals surface area (Å²) in [5, 5.41) is 0. The van der Waals surface area contributed by atoms with Crippen LogP contribution in [0.4, 0.5) is 0 Å². The Kier molecular flexibility index (Phi) is 8.04. The minimum Gasteiger partial charge on any atom is -0.265 e. The molecule has 0 saturated carbocycles. The van der Waals surface area contributed by atoms with Crippen LogP contribution >= 0.6 is 0 Å². The number of nitrogens with zero attached hydrogens (tertiary/aromatic N) is 4. The molecule has 0 unspecified atom stereocenters. The smallest absolute Gasteiger partial charge is 0.160 e. The van der Waals surface area contributed by atoms with E-state index in [4.69, 9.17) is 9.97 Å². The summed E-state index contributed by atoms with van der Waals surface area (Å²) in [6, 6.07) is 70.2. The van der Waals surface area contributed by atoms with Gasteiger partial charge in [0.2, 0.25) is 0 Å². The topological polar surface area (TPSA) is 51.6 Å². The molecule has 2 aliphatic carbocycles. The lowest BCUT2D eigenvalue weighted by Gasteiger charge is -2.35. The van der Waals surface area contributed by atoms with Crippen molar-refractivity contribution in [3.63, 3.8) is 0 Å². The molecule has 0 radical (unpaired) electrons. The van der Waals surface area contributed by atoms with Gasteiger partial charge in [-0.25, -0.2) is 9.97 Å². The zero-order valence-corrected chi connectivity index (χ0v) is 33.1. The van der Waals surface area contributed by atoms with Gasteiger partial charge in [0.1, 0.15) is 0 Å². The lowest BCUT2D eigenvalue weighted by Crippen LogP contribution is -2.29. The molecule has 3 aromatic heterocycles. The summed E-state index contributed by atoms with van der Waals surface area (Å²) in [4.78, 5) is 19.2. The third-order valence-corrected chi connectivity index (χ3v) is 12.6. The number of aromatic nitrogens is 4. The molecule has 0 fully saturated rings. The Bertz CT molecular complexity index is 3140. The van der Waals surface area contributed by atoms with E-state index >= 15 is 0 Å². The largest absolute Gasteiger partial charge is 0.265 e. The first-order chi connectivity index (χ1) is 30.2. The first kappa shape index (κ1) is 34.9. The number of hydrogen-bond donors (Lipinski definition) is 0. The van der Waals surface area contributed by atoms with E-state index in [1.165, 1.54) is 55.6 Å². The summed E-state index contributed by atoms with van der Waals surface area (Å²) in [5.74, 6) is 0.673. The van der Waals surface area contributed by atoms with Crippen LogP contribution in [0.2, 0.25) is 0 Å². The molecule has 3 heterocycles. The van der Waals surface area contributed by atoms with Crippen LogP contribution < -0.4 is 0 Å². The zero-order valence-electron chi connectivity index (χ0n) is 33.1. The predicted molar refractivity (Wildman–Crippen MR) is 247 cm³/mol. The van der Waals surface area contributed by atoms with Crippen LogP contribution in [0.3, 0.4) is 0 Å². The summed E-state index contributed by atoms with van der Waals surface area (Å²) < 4.78 is 0. The van der Waals surface area contributed by atoms with Crippen molar-refractivity contribution in [2.24, 2.45) is 0 Å². The highest BCUT2D eigenvalue weighted by molar-refractivity contribution is 5.98. The Morgan fingerprint density at radius 1 is 0.262 bits per heavy atom. The minimum absolute atomic E-state index is 0.597. The van der Waals surface area contributed by atoms with Crippen LogP contribution in [0.5, 0.6) is 0 Å². The average Bonchev–Trinajstić information content (AvgIpc) is 3.59. The Labute approximate surface area is 354 Å². The van der Waals surface area contributed by atoms with E-state index in [1.807, 2.05) is 49.1 Å². The second-order valence-electron chi connectivity index (χ2n) is 15.8. The third kappa shape index (κ3) is 5.53. The molecular weight excluding hydrogens is 741 g/mol. The number of hydrogen-bond acceptors (Lipinski definition) is 4. The van der Waals surface area contributed by atoms with Crippen molar-refractivity contribution in [1.82, 2.24) is 19.9 Å². The van der Waals surface area contributed by atoms with E-state index in [-0.39, 0.29) is 0 Å². The molecular formula is C57H36N4. The van der Waals surface area contributed by atoms with Gasteiger partial charge in [0.25, 0.3) is 0 Å². The SMILES string of the molecule is c1ccc2c(c1)-c1ccccc1C1(c3cc(-c4nc(-c5ccc(-c6ccncc6)cc5)cc(-c5ccc(-c6ccncc6)cc5)n4)ccc3-2)c2ccccc2-c2ccccc21. The van der Waals surface area contributed by atoms with Crippen molar-refractivity contribution >= 4 is 0 Å². The van der Waals surface area contributed by atoms with Crippen LogP contribution in [0.1, 0.15) is 22.3 Å². The van der Waals surface area contributed by atoms with E-state index < -0.39 is 5.41 Å². The molecule has 1 spiro atoms. The molecule has 12 rings (SSSR count). The van der Waals surface area contributed by atoms with E-state index in [9.17, 15) is 0 Å². The second kappa shape index (κ2) is 14.0. The van der Waals surface area contributed by atoms with Crippen LogP contribution in [0.25, 0.3) is 89.5 Å². The summed E-state index contributed by atoms with van der Waals surface area (Å²) in [7, 11) is 0. The van der Waals surface area contributed by atoms with Crippen molar-refractivity contribution in [3.8, 4) is 89.5 Å². The van der Waals surface area contributed by atoms with Gasteiger partial charge >= 0.3 is 0 Å². The molecule has 0 N–H and O–H groups in total. The highest BCUT2D eigenvalue weighted by Gasteiger charge is 2.49. The standard InChI is InChI=1S/C57H36N4/c1-2-10-45-44(9-1)46-11-3-6-14-50(46)57(51-15-7-4-12-47(51)48-13-5-8-16-52(48)57)53-35-43(25-26-49(45)53)56-60-54(41-21-17-37(18-22-41)39-27-31-58-32-28-39)36-55(61-56)42-23-19-38(20-24-42)40-29-33-59-34-30-40/h1-36H. The maximum atomic E-state index is 5.40. The Morgan fingerprint density at radius 2 is 0.607 bits per heavy atom. The predicted octanol–water partition coefficient (Wildman–Crippen LogP) is 13.6. The maximum absolute atomic E-state index is 5.40. The lowest BCUT2D eigenvalue weighted by molar-refractivity contribution is 0.775. The molecule has 4 heteroatoms. The van der Waals surface area contributed by atoms with Crippen LogP contribution in [-0.4, -0.2) is 19.9 Å². The van der Waals surface area contributed by atoms with Gasteiger partial charge in [-0.2, -0.15) is 0 Å². The Morgan fingerprint density at radius 3 is 1.07 bits per heavy atom. The van der Waals surface area contributed by atoms with E-state index in [1.54, 1.807) is 0 Å². The average molecular weight is 777 g/mol. The van der Waals surface area contributed by atoms with Crippen molar-refractivity contribution in [1.29, 1.82) is 0 Å². The molecule has 61 heavy (non-hydrogen) atoms. The number of fused-ring (bicyclic) bond motifs is 12. The molecule has 7 aromatic carbocycles. The fourth-order valence-corrected chi connectivity index (χ4v) is 9.81. The van der Waals surface area contributed by atoms with Gasteiger partial charge < -0.3 is 0 Å². The molecule has 10 aromatic rings. The van der Waals surface area contributed by atoms with Crippen LogP contribution in [-0.2, 0) is 5.41 Å². The van der Waals surface area contributed by atoms with Gasteiger partial charge in [0.15, 0.2) is 5.82 Å². The fraction of sp³-hybridized carbons (Fsp3) is 0.0175. The second-order valence-corrected chi connectivity index (χ2v) is 15.8. The van der Waals surface area contributed by atoms with Crippen molar-refractivity contribution in [3.05, 3.63) is 241 Å². The quantitative estimate of drug-likeness (QED) is 0.175. The molecule has 0 amide bonds. The monoisotopic (exact) mass is 776 g/mol. The van der Waals surface area contributed by atoms with Gasteiger partial charge in [-0.1, -0.05) is 158 Å². The Balaban J connectivity index is 1.10. The molecule has 2 aliphatic rings. The highest BCUT2D eigenvalue weighted by Crippen LogP contribution is 2.61. The maximum Gasteiger partial charge on any atom is 0.160 e. The summed E-state index contributed by atoms with van der Waals surface area (Å²) in [5.41, 5.74) is 21.1. The molecule has 0 bridgehead atoms. The zero-order chi connectivity index (χ0) is 40.3. The lowest BCUT2D eigenvalue weighted by atomic mass is 9.65. The minimum atomic E-state index is -0.597. The molecule has 284 valence electrons. The number of rotatable bonds is 5. The van der Waals surface area contributed by atoms with E-state index in [0.717, 1.165) is 50.3 Å². The summed E-state index contributed by atoms with van der Waals surface area (Å²) in [6.07, 6.45) is 7.32. The van der Waals surface area contributed by atoms with Crippen molar-refractivity contribution in [2.45, 2.75) is 5.41 Å². The van der Waals surface area contributed by atoms with E-state index in [0.29, 0.717) is 5.82 Å². The summed E-state index contributed by atoms with van der Waals surface area (Å²) >= 11 is 0. The van der Waals surface area contributed by atoms with Crippen LogP contribution in [0, 0.1) is 0 Å². The van der Waals surface area contributed by atoms with Crippen molar-refractivity contribution in [2.75, 3.05) is 0 Å². The molecule has 0 saturated heterocycles. The number of pyridine rings is 2. The third-order valence-electron chi connectivity index (χ3n) is 12.6. The van der Waals surface area contributed by atoms with Crippen LogP contribution in [0.15, 0.2) is 219 Å². The van der Waals surface area contributed by atoms with Gasteiger partial charge in [0, 0.05) is 41.5 Å². The van der Waals surface area contributed by atoms with Gasteiger partial charge in [-0.3, -0.25) is 9.97 Å². The highest BCUT2D eigenvalue weighted by atomic mass is 14.9. The normalized spacial score (nSPS) is 12.7. The molecule has 0 aliphatic heterocycles. The van der Waals surface area contributed by atoms with Gasteiger partial charge in [0.05, 0.1) is 16.8 Å². The van der Waals surface area contributed by atoms with Gasteiger partial charge in [-0.15, -0.1) is 0 Å². The first-order valence-electron chi connectivity index (χ1n) is 20.7. The Hall–Kier alpha value is -8.08. The fourth-order valence-electron chi connectivity index (χ4n) is 9.81. The van der Waals surface area contributed by atoms with E-state index in [2.05, 4.69) is 180 Å². The van der Waals surface area contributed by atoms with Crippen molar-refractivity contribution < 1.29 is 0 Å².